The molecule has 3 nitrogen and oxygen atoms in total. The number of carbonyl (C=O) groups is 2. The van der Waals surface area contributed by atoms with Crippen LogP contribution in [0.4, 0.5) is 0 Å². The second-order valence-electron chi connectivity index (χ2n) is 6.63. The molecule has 0 fully saturated rings. The lowest BCUT2D eigenvalue weighted by molar-refractivity contribution is -0.117. The Balaban J connectivity index is 2.08. The standard InChI is InChI=1S/C20H32O3/c1-3-4-5-6-7-8-9-10-11-12-13-14-17-19(22)16(2)15-18(21)20(17)23/h15,23H,3-14H2,1-2H3. The number of hydrogen-bond donors (Lipinski definition) is 1. The molecule has 1 N–H and O–H groups in total. The van der Waals surface area contributed by atoms with Crippen molar-refractivity contribution in [1.29, 1.82) is 0 Å². The van der Waals surface area contributed by atoms with E-state index in [1.807, 2.05) is 0 Å². The predicted octanol–water partition coefficient (Wildman–Crippen LogP) is 5.60. The van der Waals surface area contributed by atoms with Crippen LogP contribution in [0.25, 0.3) is 0 Å². The maximum Gasteiger partial charge on any atom is 0.220 e. The van der Waals surface area contributed by atoms with E-state index in [1.54, 1.807) is 6.92 Å². The van der Waals surface area contributed by atoms with Crippen LogP contribution in [0.1, 0.15) is 90.9 Å². The summed E-state index contributed by atoms with van der Waals surface area (Å²) in [5, 5.41) is 9.75. The molecule has 0 spiro atoms. The first-order valence-corrected chi connectivity index (χ1v) is 9.27. The molecule has 0 saturated heterocycles. The van der Waals surface area contributed by atoms with Gasteiger partial charge in [0.25, 0.3) is 0 Å². The summed E-state index contributed by atoms with van der Waals surface area (Å²) in [6.45, 7) is 3.87. The van der Waals surface area contributed by atoms with Gasteiger partial charge in [-0.2, -0.15) is 0 Å². The fourth-order valence-electron chi connectivity index (χ4n) is 3.02. The first kappa shape index (κ1) is 19.7. The molecule has 0 aromatic heterocycles. The Labute approximate surface area is 140 Å². The van der Waals surface area contributed by atoms with Crippen molar-refractivity contribution in [2.24, 2.45) is 0 Å². The van der Waals surface area contributed by atoms with Gasteiger partial charge in [0.05, 0.1) is 0 Å². The van der Waals surface area contributed by atoms with E-state index in [1.165, 1.54) is 63.9 Å². The van der Waals surface area contributed by atoms with Crippen LogP contribution in [0.5, 0.6) is 0 Å². The van der Waals surface area contributed by atoms with Gasteiger partial charge in [0.15, 0.2) is 11.5 Å². The van der Waals surface area contributed by atoms with Crippen molar-refractivity contribution >= 4 is 11.6 Å². The van der Waals surface area contributed by atoms with Crippen LogP contribution in [0.15, 0.2) is 23.0 Å². The molecule has 0 aromatic carbocycles. The smallest absolute Gasteiger partial charge is 0.220 e. The Bertz CT molecular complexity index is 458. The Morgan fingerprint density at radius 2 is 1.30 bits per heavy atom. The van der Waals surface area contributed by atoms with Gasteiger partial charge in [0.1, 0.15) is 0 Å². The summed E-state index contributed by atoms with van der Waals surface area (Å²) in [6, 6.07) is 0. The Kier molecular flexibility index (Phi) is 9.58. The molecule has 3 heteroatoms. The van der Waals surface area contributed by atoms with E-state index in [-0.39, 0.29) is 11.5 Å². The van der Waals surface area contributed by atoms with Gasteiger partial charge in [0.2, 0.25) is 5.78 Å². The van der Waals surface area contributed by atoms with Crippen molar-refractivity contribution in [3.63, 3.8) is 0 Å². The minimum absolute atomic E-state index is 0.172. The molecule has 0 saturated carbocycles. The van der Waals surface area contributed by atoms with E-state index in [0.29, 0.717) is 17.6 Å². The molecule has 0 bridgehead atoms. The van der Waals surface area contributed by atoms with Gasteiger partial charge in [-0.05, 0) is 25.8 Å². The zero-order valence-electron chi connectivity index (χ0n) is 14.8. The van der Waals surface area contributed by atoms with E-state index < -0.39 is 5.78 Å². The molecular formula is C20H32O3. The van der Waals surface area contributed by atoms with Gasteiger partial charge in [-0.3, -0.25) is 9.59 Å². The van der Waals surface area contributed by atoms with Crippen molar-refractivity contribution in [1.82, 2.24) is 0 Å². The first-order valence-electron chi connectivity index (χ1n) is 9.27. The number of Topliss-reactive ketones (excluding diaryl/α,β-unsaturated/α-hetero) is 1. The van der Waals surface area contributed by atoms with Crippen LogP contribution in [0, 0.1) is 0 Å². The van der Waals surface area contributed by atoms with E-state index in [9.17, 15) is 14.7 Å². The lowest BCUT2D eigenvalue weighted by atomic mass is 9.91. The van der Waals surface area contributed by atoms with Gasteiger partial charge in [-0.15, -0.1) is 0 Å². The quantitative estimate of drug-likeness (QED) is 0.376. The summed E-state index contributed by atoms with van der Waals surface area (Å²) in [5.41, 5.74) is 0.747. The number of carbonyl (C=O) groups excluding carboxylic acids is 2. The number of allylic oxidation sites excluding steroid dienone is 3. The summed E-state index contributed by atoms with van der Waals surface area (Å²) >= 11 is 0. The minimum Gasteiger partial charge on any atom is -0.504 e. The second-order valence-corrected chi connectivity index (χ2v) is 6.63. The average molecular weight is 320 g/mol. The molecular weight excluding hydrogens is 288 g/mol. The molecule has 0 aliphatic heterocycles. The molecule has 1 aliphatic rings. The van der Waals surface area contributed by atoms with Gasteiger partial charge in [-0.1, -0.05) is 71.1 Å². The number of aliphatic hydroxyl groups is 1. The summed E-state index contributed by atoms with van der Waals surface area (Å²) in [4.78, 5) is 23.5. The molecule has 130 valence electrons. The Hall–Kier alpha value is -1.38. The van der Waals surface area contributed by atoms with Gasteiger partial charge < -0.3 is 5.11 Å². The van der Waals surface area contributed by atoms with Crippen LogP contribution in [-0.2, 0) is 9.59 Å². The summed E-state index contributed by atoms with van der Waals surface area (Å²) < 4.78 is 0. The topological polar surface area (TPSA) is 54.4 Å². The maximum absolute atomic E-state index is 12.0. The maximum atomic E-state index is 12.0. The number of aliphatic hydroxyl groups excluding tert-OH is 1. The Morgan fingerprint density at radius 3 is 1.83 bits per heavy atom. The molecule has 0 aromatic rings. The van der Waals surface area contributed by atoms with Crippen LogP contribution < -0.4 is 0 Å². The largest absolute Gasteiger partial charge is 0.504 e. The third-order valence-corrected chi connectivity index (χ3v) is 4.53. The van der Waals surface area contributed by atoms with Crippen LogP contribution in [0.3, 0.4) is 0 Å². The molecule has 0 unspecified atom stereocenters. The summed E-state index contributed by atoms with van der Waals surface area (Å²) in [5.74, 6) is -0.943. The third kappa shape index (κ3) is 7.15. The fourth-order valence-corrected chi connectivity index (χ4v) is 3.02. The fraction of sp³-hybridized carbons (Fsp3) is 0.700. The summed E-state index contributed by atoms with van der Waals surface area (Å²) in [7, 11) is 0. The van der Waals surface area contributed by atoms with Crippen LogP contribution >= 0.6 is 0 Å². The molecule has 0 radical (unpaired) electrons. The van der Waals surface area contributed by atoms with Crippen molar-refractivity contribution in [3.8, 4) is 0 Å². The first-order chi connectivity index (χ1) is 11.1. The number of hydrogen-bond acceptors (Lipinski definition) is 3. The SMILES string of the molecule is CCCCCCCCCCCCCC1=C(O)C(=O)C=C(C)C1=O. The normalized spacial score (nSPS) is 15.3. The monoisotopic (exact) mass is 320 g/mol. The molecule has 1 aliphatic carbocycles. The zero-order chi connectivity index (χ0) is 17.1. The highest BCUT2D eigenvalue weighted by atomic mass is 16.3. The minimum atomic E-state index is -0.430. The molecule has 23 heavy (non-hydrogen) atoms. The van der Waals surface area contributed by atoms with E-state index >= 15 is 0 Å². The van der Waals surface area contributed by atoms with E-state index in [2.05, 4.69) is 6.92 Å². The van der Waals surface area contributed by atoms with Crippen molar-refractivity contribution < 1.29 is 14.7 Å². The van der Waals surface area contributed by atoms with E-state index in [0.717, 1.165) is 12.8 Å². The summed E-state index contributed by atoms with van der Waals surface area (Å²) in [6.07, 6.45) is 15.4. The average Bonchev–Trinajstić information content (AvgIpc) is 2.53. The number of rotatable bonds is 12. The molecule has 1 rings (SSSR count). The highest BCUT2D eigenvalue weighted by molar-refractivity contribution is 6.21. The highest BCUT2D eigenvalue weighted by Crippen LogP contribution is 2.23. The Morgan fingerprint density at radius 1 is 0.826 bits per heavy atom. The molecule has 0 amide bonds. The van der Waals surface area contributed by atoms with Crippen molar-refractivity contribution in [2.45, 2.75) is 90.9 Å². The van der Waals surface area contributed by atoms with Crippen LogP contribution in [-0.4, -0.2) is 16.7 Å². The second kappa shape index (κ2) is 11.2. The van der Waals surface area contributed by atoms with Crippen molar-refractivity contribution in [3.05, 3.63) is 23.0 Å². The molecule has 0 atom stereocenters. The predicted molar refractivity (Wildman–Crippen MR) is 94.5 cm³/mol. The lowest BCUT2D eigenvalue weighted by Crippen LogP contribution is -2.18. The molecule has 0 heterocycles. The van der Waals surface area contributed by atoms with Gasteiger partial charge >= 0.3 is 0 Å². The van der Waals surface area contributed by atoms with Crippen LogP contribution in [0.2, 0.25) is 0 Å². The zero-order valence-corrected chi connectivity index (χ0v) is 14.8. The van der Waals surface area contributed by atoms with Crippen molar-refractivity contribution in [2.75, 3.05) is 0 Å². The highest BCUT2D eigenvalue weighted by Gasteiger charge is 2.25. The lowest BCUT2D eigenvalue weighted by Gasteiger charge is -2.13. The number of unbranched alkanes of at least 4 members (excludes halogenated alkanes) is 10. The van der Waals surface area contributed by atoms with Gasteiger partial charge in [0, 0.05) is 11.1 Å². The number of ketones is 2. The van der Waals surface area contributed by atoms with Gasteiger partial charge in [-0.25, -0.2) is 0 Å². The third-order valence-electron chi connectivity index (χ3n) is 4.53. The van der Waals surface area contributed by atoms with E-state index in [4.69, 9.17) is 0 Å².